The number of hydrogen-bond acceptors (Lipinski definition) is 3. The quantitative estimate of drug-likeness (QED) is 0.735. The van der Waals surface area contributed by atoms with E-state index in [0.29, 0.717) is 25.1 Å². The maximum atomic E-state index is 12.1. The van der Waals surface area contributed by atoms with E-state index >= 15 is 0 Å². The zero-order chi connectivity index (χ0) is 10.7. The molecule has 2 aliphatic heterocycles. The van der Waals surface area contributed by atoms with Crippen LogP contribution >= 0.6 is 0 Å². The highest BCUT2D eigenvalue weighted by molar-refractivity contribution is 5.80. The van der Waals surface area contributed by atoms with Gasteiger partial charge in [0.1, 0.15) is 0 Å². The summed E-state index contributed by atoms with van der Waals surface area (Å²) in [5, 5.41) is 0. The van der Waals surface area contributed by atoms with E-state index in [-0.39, 0.29) is 5.92 Å². The molecule has 2 N–H and O–H groups in total. The number of nitrogens with zero attached hydrogens (tertiary/aromatic N) is 1. The van der Waals surface area contributed by atoms with E-state index in [1.54, 1.807) is 0 Å². The number of carbonyl (C=O) groups excluding carboxylic acids is 1. The molecule has 86 valence electrons. The Labute approximate surface area is 90.8 Å². The summed E-state index contributed by atoms with van der Waals surface area (Å²) in [6.45, 7) is 3.02. The second-order valence-corrected chi connectivity index (χ2v) is 4.47. The largest absolute Gasteiger partial charge is 0.381 e. The number of ether oxygens (including phenoxy) is 1. The summed E-state index contributed by atoms with van der Waals surface area (Å²) in [7, 11) is 0. The average Bonchev–Trinajstić information content (AvgIpc) is 2.25. The molecule has 0 aromatic heterocycles. The number of likely N-dealkylation sites (tertiary alicyclic amines) is 1. The van der Waals surface area contributed by atoms with Crippen molar-refractivity contribution in [1.82, 2.24) is 4.90 Å². The van der Waals surface area contributed by atoms with Crippen LogP contribution in [0.2, 0.25) is 0 Å². The monoisotopic (exact) mass is 212 g/mol. The smallest absolute Gasteiger partial charge is 0.228 e. The van der Waals surface area contributed by atoms with Crippen LogP contribution in [0.3, 0.4) is 0 Å². The van der Waals surface area contributed by atoms with Gasteiger partial charge in [0.25, 0.3) is 0 Å². The van der Waals surface area contributed by atoms with E-state index in [0.717, 1.165) is 38.8 Å². The Bertz CT molecular complexity index is 227. The SMILES string of the molecule is NCCC1CCN1C(=O)C1CCCOC1. The molecule has 15 heavy (non-hydrogen) atoms. The highest BCUT2D eigenvalue weighted by atomic mass is 16.5. The van der Waals surface area contributed by atoms with Gasteiger partial charge in [-0.1, -0.05) is 0 Å². The van der Waals surface area contributed by atoms with Crippen LogP contribution in [0, 0.1) is 5.92 Å². The minimum atomic E-state index is 0.110. The van der Waals surface area contributed by atoms with Crippen molar-refractivity contribution >= 4 is 5.91 Å². The summed E-state index contributed by atoms with van der Waals surface area (Å²) < 4.78 is 5.34. The molecule has 2 fully saturated rings. The van der Waals surface area contributed by atoms with Gasteiger partial charge in [0.15, 0.2) is 0 Å². The number of carbonyl (C=O) groups is 1. The first kappa shape index (κ1) is 10.9. The third kappa shape index (κ3) is 2.32. The third-order valence-corrected chi connectivity index (χ3v) is 3.44. The van der Waals surface area contributed by atoms with Gasteiger partial charge < -0.3 is 15.4 Å². The Kier molecular flexibility index (Phi) is 3.59. The predicted octanol–water partition coefficient (Wildman–Crippen LogP) is 0.363. The van der Waals surface area contributed by atoms with Crippen LogP contribution in [0.1, 0.15) is 25.7 Å². The first-order valence-electron chi connectivity index (χ1n) is 5.91. The van der Waals surface area contributed by atoms with Crippen LogP contribution in [0.25, 0.3) is 0 Å². The molecule has 2 unspecified atom stereocenters. The molecule has 0 bridgehead atoms. The summed E-state index contributed by atoms with van der Waals surface area (Å²) in [5.74, 6) is 0.402. The Morgan fingerprint density at radius 2 is 2.33 bits per heavy atom. The fourth-order valence-corrected chi connectivity index (χ4v) is 2.39. The zero-order valence-electron chi connectivity index (χ0n) is 9.15. The fourth-order valence-electron chi connectivity index (χ4n) is 2.39. The Hall–Kier alpha value is -0.610. The molecule has 4 nitrogen and oxygen atoms in total. The lowest BCUT2D eigenvalue weighted by Crippen LogP contribution is -2.54. The molecule has 2 aliphatic rings. The van der Waals surface area contributed by atoms with Crippen LogP contribution in [-0.4, -0.2) is 43.2 Å². The van der Waals surface area contributed by atoms with E-state index in [4.69, 9.17) is 10.5 Å². The van der Waals surface area contributed by atoms with Gasteiger partial charge in [-0.2, -0.15) is 0 Å². The molecule has 2 saturated heterocycles. The zero-order valence-corrected chi connectivity index (χ0v) is 9.15. The molecule has 0 aromatic carbocycles. The summed E-state index contributed by atoms with van der Waals surface area (Å²) in [6.07, 6.45) is 4.08. The molecule has 4 heteroatoms. The summed E-state index contributed by atoms with van der Waals surface area (Å²) in [5.41, 5.74) is 5.52. The van der Waals surface area contributed by atoms with Crippen LogP contribution in [0.15, 0.2) is 0 Å². The molecule has 2 rings (SSSR count). The van der Waals surface area contributed by atoms with Crippen molar-refractivity contribution < 1.29 is 9.53 Å². The predicted molar refractivity (Wildman–Crippen MR) is 57.3 cm³/mol. The fraction of sp³-hybridized carbons (Fsp3) is 0.909. The van der Waals surface area contributed by atoms with Gasteiger partial charge in [-0.3, -0.25) is 4.79 Å². The van der Waals surface area contributed by atoms with E-state index in [2.05, 4.69) is 0 Å². The van der Waals surface area contributed by atoms with Crippen molar-refractivity contribution in [2.45, 2.75) is 31.7 Å². The Morgan fingerprint density at radius 1 is 1.47 bits per heavy atom. The van der Waals surface area contributed by atoms with Gasteiger partial charge in [0, 0.05) is 19.2 Å². The molecule has 0 spiro atoms. The maximum Gasteiger partial charge on any atom is 0.228 e. The molecule has 1 amide bonds. The van der Waals surface area contributed by atoms with Gasteiger partial charge in [-0.25, -0.2) is 0 Å². The van der Waals surface area contributed by atoms with Gasteiger partial charge in [-0.05, 0) is 32.2 Å². The molecule has 0 aromatic rings. The molecule has 2 atom stereocenters. The first-order valence-corrected chi connectivity index (χ1v) is 5.91. The molecule has 2 heterocycles. The minimum absolute atomic E-state index is 0.110. The number of rotatable bonds is 3. The van der Waals surface area contributed by atoms with Crippen LogP contribution in [0.5, 0.6) is 0 Å². The topological polar surface area (TPSA) is 55.6 Å². The molecule has 0 saturated carbocycles. The van der Waals surface area contributed by atoms with E-state index in [1.165, 1.54) is 0 Å². The highest BCUT2D eigenvalue weighted by Gasteiger charge is 2.35. The van der Waals surface area contributed by atoms with Gasteiger partial charge in [-0.15, -0.1) is 0 Å². The van der Waals surface area contributed by atoms with Crippen molar-refractivity contribution in [2.75, 3.05) is 26.3 Å². The molecule has 0 aliphatic carbocycles. The van der Waals surface area contributed by atoms with Crippen molar-refractivity contribution in [3.8, 4) is 0 Å². The second kappa shape index (κ2) is 4.94. The molecule has 0 radical (unpaired) electrons. The Morgan fingerprint density at radius 3 is 2.87 bits per heavy atom. The lowest BCUT2D eigenvalue weighted by molar-refractivity contribution is -0.147. The molecular formula is C11H20N2O2. The number of hydrogen-bond donors (Lipinski definition) is 1. The van der Waals surface area contributed by atoms with Crippen molar-refractivity contribution in [3.63, 3.8) is 0 Å². The standard InChI is InChI=1S/C11H20N2O2/c12-5-3-10-4-6-13(10)11(14)9-2-1-7-15-8-9/h9-10H,1-8,12H2. The second-order valence-electron chi connectivity index (χ2n) is 4.47. The highest BCUT2D eigenvalue weighted by Crippen LogP contribution is 2.25. The van der Waals surface area contributed by atoms with E-state index in [1.807, 2.05) is 4.90 Å². The third-order valence-electron chi connectivity index (χ3n) is 3.44. The van der Waals surface area contributed by atoms with Gasteiger partial charge >= 0.3 is 0 Å². The Balaban J connectivity index is 1.84. The van der Waals surface area contributed by atoms with Gasteiger partial charge in [0.05, 0.1) is 12.5 Å². The van der Waals surface area contributed by atoms with Gasteiger partial charge in [0.2, 0.25) is 5.91 Å². The summed E-state index contributed by atoms with van der Waals surface area (Å²) >= 11 is 0. The van der Waals surface area contributed by atoms with Crippen LogP contribution in [-0.2, 0) is 9.53 Å². The minimum Gasteiger partial charge on any atom is -0.381 e. The van der Waals surface area contributed by atoms with Crippen molar-refractivity contribution in [1.29, 1.82) is 0 Å². The number of nitrogens with two attached hydrogens (primary N) is 1. The van der Waals surface area contributed by atoms with Crippen LogP contribution in [0.4, 0.5) is 0 Å². The van der Waals surface area contributed by atoms with Crippen molar-refractivity contribution in [2.24, 2.45) is 11.7 Å². The lowest BCUT2D eigenvalue weighted by Gasteiger charge is -2.43. The first-order chi connectivity index (χ1) is 7.33. The van der Waals surface area contributed by atoms with E-state index in [9.17, 15) is 4.79 Å². The van der Waals surface area contributed by atoms with Crippen LogP contribution < -0.4 is 5.73 Å². The average molecular weight is 212 g/mol. The summed E-state index contributed by atoms with van der Waals surface area (Å²) in [4.78, 5) is 14.1. The number of amides is 1. The normalized spacial score (nSPS) is 31.1. The van der Waals surface area contributed by atoms with E-state index < -0.39 is 0 Å². The maximum absolute atomic E-state index is 12.1. The lowest BCUT2D eigenvalue weighted by atomic mass is 9.94. The molecular weight excluding hydrogens is 192 g/mol. The summed E-state index contributed by atoms with van der Waals surface area (Å²) in [6, 6.07) is 0.407. The van der Waals surface area contributed by atoms with Crippen molar-refractivity contribution in [3.05, 3.63) is 0 Å².